The first-order valence-electron chi connectivity index (χ1n) is 9.41. The molecule has 2 saturated carbocycles. The second-order valence-electron chi connectivity index (χ2n) is 7.88. The Hall–Kier alpha value is -0.600. The van der Waals surface area contributed by atoms with Crippen molar-refractivity contribution >= 4 is 0 Å². The van der Waals surface area contributed by atoms with E-state index in [1.165, 1.54) is 32.1 Å². The average molecular weight is 304 g/mol. The quantitative estimate of drug-likeness (QED) is 0.750. The van der Waals surface area contributed by atoms with Crippen LogP contribution in [0.2, 0.25) is 0 Å². The molecule has 22 heavy (non-hydrogen) atoms. The van der Waals surface area contributed by atoms with Crippen molar-refractivity contribution in [2.45, 2.75) is 89.3 Å². The Labute approximate surface area is 135 Å². The van der Waals surface area contributed by atoms with E-state index in [1.54, 1.807) is 5.57 Å². The topological polar surface area (TPSA) is 40.5 Å². The van der Waals surface area contributed by atoms with Gasteiger partial charge in [-0.2, -0.15) is 0 Å². The normalized spacial score (nSPS) is 39.5. The average Bonchev–Trinajstić information content (AvgIpc) is 2.99. The second kappa shape index (κ2) is 7.31. The Morgan fingerprint density at radius 3 is 2.45 bits per heavy atom. The van der Waals surface area contributed by atoms with Crippen LogP contribution in [0.3, 0.4) is 0 Å². The maximum atomic E-state index is 9.90. The standard InChI is InChI=1S/C20H32O2/c21-18-7-3-4-16(8-9-18)10-13-20(17-5-1-2-6-17)14-11-19(22)12-15-20/h1,5-6,16,18-19,21-22H,2-4,7-15H2/t16?,18-,19?,20?/m0/s1. The van der Waals surface area contributed by atoms with Crippen LogP contribution < -0.4 is 0 Å². The van der Waals surface area contributed by atoms with Gasteiger partial charge < -0.3 is 10.2 Å². The highest BCUT2D eigenvalue weighted by atomic mass is 16.3. The van der Waals surface area contributed by atoms with Crippen LogP contribution in [0.25, 0.3) is 0 Å². The Balaban J connectivity index is 1.62. The minimum Gasteiger partial charge on any atom is -0.393 e. The van der Waals surface area contributed by atoms with E-state index in [1.807, 2.05) is 0 Å². The number of aliphatic hydroxyl groups excluding tert-OH is 2. The van der Waals surface area contributed by atoms with Gasteiger partial charge >= 0.3 is 0 Å². The van der Waals surface area contributed by atoms with Crippen molar-refractivity contribution in [3.8, 4) is 0 Å². The molecule has 0 heterocycles. The summed E-state index contributed by atoms with van der Waals surface area (Å²) in [6, 6.07) is 0. The van der Waals surface area contributed by atoms with Crippen molar-refractivity contribution < 1.29 is 10.2 Å². The number of aliphatic hydroxyl groups is 2. The van der Waals surface area contributed by atoms with Crippen molar-refractivity contribution in [3.63, 3.8) is 0 Å². The van der Waals surface area contributed by atoms with Crippen LogP contribution in [0.15, 0.2) is 23.8 Å². The summed E-state index contributed by atoms with van der Waals surface area (Å²) in [5.41, 5.74) is 1.88. The molecule has 0 spiro atoms. The van der Waals surface area contributed by atoms with Crippen molar-refractivity contribution in [1.82, 2.24) is 0 Å². The van der Waals surface area contributed by atoms with Crippen LogP contribution in [0.1, 0.15) is 77.0 Å². The predicted molar refractivity (Wildman–Crippen MR) is 90.6 cm³/mol. The molecule has 3 rings (SSSR count). The third-order valence-corrected chi connectivity index (χ3v) is 6.38. The lowest BCUT2D eigenvalue weighted by molar-refractivity contribution is 0.0730. The van der Waals surface area contributed by atoms with Crippen LogP contribution in [-0.2, 0) is 0 Å². The highest BCUT2D eigenvalue weighted by Crippen LogP contribution is 2.49. The molecule has 1 unspecified atom stereocenters. The molecule has 0 bridgehead atoms. The fourth-order valence-electron chi connectivity index (χ4n) is 4.82. The van der Waals surface area contributed by atoms with E-state index in [9.17, 15) is 10.2 Å². The van der Waals surface area contributed by atoms with Gasteiger partial charge in [0.05, 0.1) is 12.2 Å². The monoisotopic (exact) mass is 304 g/mol. The van der Waals surface area contributed by atoms with Crippen LogP contribution >= 0.6 is 0 Å². The summed E-state index contributed by atoms with van der Waals surface area (Å²) >= 11 is 0. The van der Waals surface area contributed by atoms with Gasteiger partial charge in [-0.1, -0.05) is 31.1 Å². The molecule has 2 fully saturated rings. The Bertz CT molecular complexity index is 415. The highest BCUT2D eigenvalue weighted by Gasteiger charge is 2.37. The molecular formula is C20H32O2. The molecule has 0 aromatic rings. The summed E-state index contributed by atoms with van der Waals surface area (Å²) in [6.45, 7) is 0. The van der Waals surface area contributed by atoms with Gasteiger partial charge in [-0.25, -0.2) is 0 Å². The first-order valence-corrected chi connectivity index (χ1v) is 9.41. The first kappa shape index (κ1) is 16.3. The minimum atomic E-state index is -0.0767. The van der Waals surface area contributed by atoms with Gasteiger partial charge in [0.1, 0.15) is 0 Å². The van der Waals surface area contributed by atoms with Gasteiger partial charge in [0.2, 0.25) is 0 Å². The van der Waals surface area contributed by atoms with Gasteiger partial charge in [-0.05, 0) is 81.1 Å². The van der Waals surface area contributed by atoms with E-state index in [-0.39, 0.29) is 12.2 Å². The van der Waals surface area contributed by atoms with E-state index < -0.39 is 0 Å². The summed E-state index contributed by atoms with van der Waals surface area (Å²) in [5.74, 6) is 0.798. The molecule has 0 aromatic heterocycles. The summed E-state index contributed by atoms with van der Waals surface area (Å²) in [5, 5.41) is 19.7. The van der Waals surface area contributed by atoms with Crippen LogP contribution in [0, 0.1) is 11.3 Å². The van der Waals surface area contributed by atoms with E-state index >= 15 is 0 Å². The van der Waals surface area contributed by atoms with Crippen molar-refractivity contribution in [3.05, 3.63) is 23.8 Å². The van der Waals surface area contributed by atoms with Crippen LogP contribution in [0.4, 0.5) is 0 Å². The molecule has 0 aromatic carbocycles. The zero-order chi connectivity index (χ0) is 15.4. The van der Waals surface area contributed by atoms with E-state index in [4.69, 9.17) is 0 Å². The van der Waals surface area contributed by atoms with Crippen molar-refractivity contribution in [1.29, 1.82) is 0 Å². The molecule has 2 atom stereocenters. The summed E-state index contributed by atoms with van der Waals surface area (Å²) in [7, 11) is 0. The number of hydrogen-bond acceptors (Lipinski definition) is 2. The fraction of sp³-hybridized carbons (Fsp3) is 0.800. The lowest BCUT2D eigenvalue weighted by Crippen LogP contribution is -2.31. The Morgan fingerprint density at radius 1 is 0.955 bits per heavy atom. The Kier molecular flexibility index (Phi) is 5.41. The van der Waals surface area contributed by atoms with Gasteiger partial charge in [-0.3, -0.25) is 0 Å². The predicted octanol–water partition coefficient (Wildman–Crippen LogP) is 4.52. The molecule has 0 aliphatic heterocycles. The summed E-state index contributed by atoms with van der Waals surface area (Å²) in [4.78, 5) is 0. The number of rotatable bonds is 4. The van der Waals surface area contributed by atoms with Crippen LogP contribution in [-0.4, -0.2) is 22.4 Å². The summed E-state index contributed by atoms with van der Waals surface area (Å²) < 4.78 is 0. The first-order chi connectivity index (χ1) is 10.7. The molecule has 2 N–H and O–H groups in total. The zero-order valence-corrected chi connectivity index (χ0v) is 13.8. The van der Waals surface area contributed by atoms with Gasteiger partial charge in [0.15, 0.2) is 0 Å². The molecule has 0 amide bonds. The van der Waals surface area contributed by atoms with E-state index in [0.717, 1.165) is 50.9 Å². The van der Waals surface area contributed by atoms with Crippen LogP contribution in [0.5, 0.6) is 0 Å². The largest absolute Gasteiger partial charge is 0.393 e. The molecule has 0 saturated heterocycles. The van der Waals surface area contributed by atoms with Crippen molar-refractivity contribution in [2.75, 3.05) is 0 Å². The maximum absolute atomic E-state index is 9.90. The third-order valence-electron chi connectivity index (χ3n) is 6.38. The third kappa shape index (κ3) is 3.83. The van der Waals surface area contributed by atoms with Gasteiger partial charge in [0, 0.05) is 0 Å². The van der Waals surface area contributed by atoms with E-state index in [0.29, 0.717) is 5.41 Å². The van der Waals surface area contributed by atoms with Crippen molar-refractivity contribution in [2.24, 2.45) is 11.3 Å². The minimum absolute atomic E-state index is 0.0516. The highest BCUT2D eigenvalue weighted by molar-refractivity contribution is 5.33. The molecule has 3 aliphatic rings. The van der Waals surface area contributed by atoms with Gasteiger partial charge in [0.25, 0.3) is 0 Å². The fourth-order valence-corrected chi connectivity index (χ4v) is 4.82. The summed E-state index contributed by atoms with van der Waals surface area (Å²) in [6.07, 6.45) is 20.5. The van der Waals surface area contributed by atoms with E-state index in [2.05, 4.69) is 18.2 Å². The molecule has 3 aliphatic carbocycles. The Morgan fingerprint density at radius 2 is 1.73 bits per heavy atom. The molecule has 2 heteroatoms. The van der Waals surface area contributed by atoms with Gasteiger partial charge in [-0.15, -0.1) is 0 Å². The lowest BCUT2D eigenvalue weighted by atomic mass is 9.65. The zero-order valence-electron chi connectivity index (χ0n) is 13.8. The maximum Gasteiger partial charge on any atom is 0.0540 e. The molecule has 2 nitrogen and oxygen atoms in total. The molecule has 0 radical (unpaired) electrons. The molecular weight excluding hydrogens is 272 g/mol. The number of allylic oxidation sites excluding steroid dienone is 4. The molecule has 124 valence electrons. The smallest absolute Gasteiger partial charge is 0.0540 e. The SMILES string of the molecule is OC1CCC(CCC2CCC[C@H](O)CC2)(C2=CCC=C2)CC1. The number of hydrogen-bond donors (Lipinski definition) is 2. The second-order valence-corrected chi connectivity index (χ2v) is 7.88. The lowest BCUT2D eigenvalue weighted by Gasteiger charge is -2.41.